The molecule has 1 unspecified atom stereocenters. The Kier molecular flexibility index (Phi) is 9.95. The van der Waals surface area contributed by atoms with Crippen molar-refractivity contribution < 1.29 is 17.9 Å². The second-order valence-electron chi connectivity index (χ2n) is 7.40. The Balaban J connectivity index is 0.00000320. The van der Waals surface area contributed by atoms with Gasteiger partial charge < -0.3 is 20.3 Å². The van der Waals surface area contributed by atoms with Crippen LogP contribution >= 0.6 is 24.0 Å². The van der Waals surface area contributed by atoms with Crippen LogP contribution in [-0.4, -0.2) is 75.6 Å². The molecule has 170 valence electrons. The fraction of sp³-hybridized carbons (Fsp3) is 0.650. The number of para-hydroxylation sites is 1. The van der Waals surface area contributed by atoms with Crippen molar-refractivity contribution in [3.63, 3.8) is 0 Å². The van der Waals surface area contributed by atoms with Gasteiger partial charge >= 0.3 is 6.18 Å². The average molecular weight is 541 g/mol. The van der Waals surface area contributed by atoms with Crippen LogP contribution in [0.5, 0.6) is 0 Å². The molecule has 0 radical (unpaired) electrons. The van der Waals surface area contributed by atoms with E-state index in [9.17, 15) is 13.2 Å². The minimum Gasteiger partial charge on any atom is -0.378 e. The number of aliphatic imine (C=N–C) groups is 1. The van der Waals surface area contributed by atoms with Crippen LogP contribution in [0.3, 0.4) is 0 Å². The minimum absolute atomic E-state index is 0. The maximum Gasteiger partial charge on any atom is 0.401 e. The summed E-state index contributed by atoms with van der Waals surface area (Å²) in [6.45, 7) is 6.28. The van der Waals surface area contributed by atoms with E-state index in [4.69, 9.17) is 9.73 Å². The Morgan fingerprint density at radius 3 is 2.63 bits per heavy atom. The number of anilines is 1. The van der Waals surface area contributed by atoms with Crippen molar-refractivity contribution in [1.29, 1.82) is 0 Å². The lowest BCUT2D eigenvalue weighted by atomic mass is 10.1. The zero-order valence-corrected chi connectivity index (χ0v) is 19.6. The standard InChI is InChI=1S/C20H30F3N5O.HI/c1-2-24-19(26-17-7-8-27(14-17)15-20(21,22)23)25-13-16-5-3-4-6-18(16)28-9-11-29-12-10-28;/h3-6,17H,2,7-15H2,1H3,(H2,24,25,26);1H. The van der Waals surface area contributed by atoms with Crippen LogP contribution in [0, 0.1) is 0 Å². The molecule has 1 atom stereocenters. The Labute approximate surface area is 193 Å². The highest BCUT2D eigenvalue weighted by atomic mass is 127. The molecule has 2 heterocycles. The summed E-state index contributed by atoms with van der Waals surface area (Å²) in [5.41, 5.74) is 2.28. The monoisotopic (exact) mass is 541 g/mol. The number of hydrogen-bond donors (Lipinski definition) is 2. The normalized spacial score (nSPS) is 20.7. The van der Waals surface area contributed by atoms with Gasteiger partial charge in [-0.3, -0.25) is 4.90 Å². The van der Waals surface area contributed by atoms with Crippen molar-refractivity contribution in [2.75, 3.05) is 57.4 Å². The molecule has 0 aromatic heterocycles. The molecule has 1 aromatic carbocycles. The second-order valence-corrected chi connectivity index (χ2v) is 7.40. The van der Waals surface area contributed by atoms with Gasteiger partial charge in [0.05, 0.1) is 26.3 Å². The predicted molar refractivity (Wildman–Crippen MR) is 124 cm³/mol. The highest BCUT2D eigenvalue weighted by Gasteiger charge is 2.34. The average Bonchev–Trinajstić information content (AvgIpc) is 3.12. The fourth-order valence-corrected chi connectivity index (χ4v) is 3.78. The molecule has 2 fully saturated rings. The number of guanidine groups is 1. The molecule has 10 heteroatoms. The molecule has 2 saturated heterocycles. The molecule has 2 aliphatic heterocycles. The van der Waals surface area contributed by atoms with Gasteiger partial charge in [0.1, 0.15) is 0 Å². The summed E-state index contributed by atoms with van der Waals surface area (Å²) >= 11 is 0. The number of rotatable bonds is 6. The van der Waals surface area contributed by atoms with Crippen molar-refractivity contribution in [3.05, 3.63) is 29.8 Å². The van der Waals surface area contributed by atoms with Crippen LogP contribution in [0.1, 0.15) is 18.9 Å². The summed E-state index contributed by atoms with van der Waals surface area (Å²) in [6.07, 6.45) is -3.48. The molecule has 0 bridgehead atoms. The highest BCUT2D eigenvalue weighted by molar-refractivity contribution is 14.0. The topological polar surface area (TPSA) is 52.1 Å². The number of morpholine rings is 1. The molecule has 2 aliphatic rings. The molecule has 2 N–H and O–H groups in total. The van der Waals surface area contributed by atoms with Gasteiger partial charge in [-0.25, -0.2) is 4.99 Å². The molecular formula is C20H31F3IN5O. The van der Waals surface area contributed by atoms with E-state index < -0.39 is 12.7 Å². The Morgan fingerprint density at radius 1 is 1.20 bits per heavy atom. The molecule has 30 heavy (non-hydrogen) atoms. The number of alkyl halides is 3. The molecular weight excluding hydrogens is 510 g/mol. The third-order valence-electron chi connectivity index (χ3n) is 5.11. The number of likely N-dealkylation sites (tertiary alicyclic amines) is 1. The summed E-state index contributed by atoms with van der Waals surface area (Å²) in [4.78, 5) is 8.44. The Bertz CT molecular complexity index is 683. The van der Waals surface area contributed by atoms with Gasteiger partial charge in [-0.1, -0.05) is 18.2 Å². The first-order valence-electron chi connectivity index (χ1n) is 10.2. The predicted octanol–water partition coefficient (Wildman–Crippen LogP) is 2.83. The maximum absolute atomic E-state index is 12.6. The van der Waals surface area contributed by atoms with E-state index >= 15 is 0 Å². The Morgan fingerprint density at radius 2 is 1.93 bits per heavy atom. The van der Waals surface area contributed by atoms with Crippen LogP contribution in [0.25, 0.3) is 0 Å². The van der Waals surface area contributed by atoms with E-state index in [1.807, 2.05) is 19.1 Å². The number of hydrogen-bond acceptors (Lipinski definition) is 4. The van der Waals surface area contributed by atoms with Crippen molar-refractivity contribution in [2.24, 2.45) is 4.99 Å². The molecule has 1 aromatic rings. The van der Waals surface area contributed by atoms with Crippen LogP contribution < -0.4 is 15.5 Å². The van der Waals surface area contributed by atoms with E-state index in [1.165, 1.54) is 4.90 Å². The first kappa shape index (κ1) is 25.0. The molecule has 0 spiro atoms. The molecule has 0 amide bonds. The lowest BCUT2D eigenvalue weighted by Crippen LogP contribution is -2.45. The quantitative estimate of drug-likeness (QED) is 0.330. The van der Waals surface area contributed by atoms with Crippen molar-refractivity contribution in [1.82, 2.24) is 15.5 Å². The van der Waals surface area contributed by atoms with E-state index in [0.29, 0.717) is 38.6 Å². The SMILES string of the molecule is CCNC(=NCc1ccccc1N1CCOCC1)NC1CCN(CC(F)(F)F)C1.I. The van der Waals surface area contributed by atoms with Gasteiger partial charge in [-0.2, -0.15) is 13.2 Å². The van der Waals surface area contributed by atoms with Gasteiger partial charge in [-0.05, 0) is 25.0 Å². The third kappa shape index (κ3) is 7.77. The van der Waals surface area contributed by atoms with Gasteiger partial charge in [0.2, 0.25) is 0 Å². The van der Waals surface area contributed by atoms with E-state index in [1.54, 1.807) is 0 Å². The molecule has 0 aliphatic carbocycles. The summed E-state index contributed by atoms with van der Waals surface area (Å²) in [7, 11) is 0. The number of ether oxygens (including phenoxy) is 1. The zero-order valence-electron chi connectivity index (χ0n) is 17.2. The molecule has 3 rings (SSSR count). The summed E-state index contributed by atoms with van der Waals surface area (Å²) in [5.74, 6) is 0.642. The fourth-order valence-electron chi connectivity index (χ4n) is 3.78. The largest absolute Gasteiger partial charge is 0.401 e. The number of nitrogens with zero attached hydrogens (tertiary/aromatic N) is 3. The van der Waals surface area contributed by atoms with Crippen molar-refractivity contribution >= 4 is 35.6 Å². The first-order chi connectivity index (χ1) is 13.9. The molecule has 0 saturated carbocycles. The lowest BCUT2D eigenvalue weighted by Gasteiger charge is -2.30. The summed E-state index contributed by atoms with van der Waals surface area (Å²) in [5, 5.41) is 6.50. The molecule has 6 nitrogen and oxygen atoms in total. The van der Waals surface area contributed by atoms with Crippen LogP contribution in [0.15, 0.2) is 29.3 Å². The number of halogens is 4. The zero-order chi connectivity index (χ0) is 20.7. The van der Waals surface area contributed by atoms with Gasteiger partial charge in [-0.15, -0.1) is 24.0 Å². The van der Waals surface area contributed by atoms with E-state index in [2.05, 4.69) is 27.7 Å². The van der Waals surface area contributed by atoms with E-state index in [0.717, 1.165) is 37.6 Å². The van der Waals surface area contributed by atoms with Crippen molar-refractivity contribution in [3.8, 4) is 0 Å². The highest BCUT2D eigenvalue weighted by Crippen LogP contribution is 2.22. The third-order valence-corrected chi connectivity index (χ3v) is 5.11. The maximum atomic E-state index is 12.6. The van der Waals surface area contributed by atoms with Crippen LogP contribution in [0.2, 0.25) is 0 Å². The number of nitrogens with one attached hydrogen (secondary N) is 2. The second kappa shape index (κ2) is 11.9. The smallest absolute Gasteiger partial charge is 0.378 e. The number of benzene rings is 1. The van der Waals surface area contributed by atoms with Gasteiger partial charge in [0.15, 0.2) is 5.96 Å². The lowest BCUT2D eigenvalue weighted by molar-refractivity contribution is -0.143. The van der Waals surface area contributed by atoms with Gasteiger partial charge in [0.25, 0.3) is 0 Å². The van der Waals surface area contributed by atoms with Crippen LogP contribution in [-0.2, 0) is 11.3 Å². The van der Waals surface area contributed by atoms with E-state index in [-0.39, 0.29) is 30.0 Å². The van der Waals surface area contributed by atoms with Crippen molar-refractivity contribution in [2.45, 2.75) is 32.1 Å². The first-order valence-corrected chi connectivity index (χ1v) is 10.2. The van der Waals surface area contributed by atoms with Crippen LogP contribution in [0.4, 0.5) is 18.9 Å². The Hall–Kier alpha value is -1.27. The summed E-state index contributed by atoms with van der Waals surface area (Å²) < 4.78 is 43.3. The minimum atomic E-state index is -4.16. The summed E-state index contributed by atoms with van der Waals surface area (Å²) in [6, 6.07) is 8.15. The van der Waals surface area contributed by atoms with Gasteiger partial charge in [0, 0.05) is 44.5 Å².